The minimum Gasteiger partial charge on any atom is -0.463 e. The molecule has 1 aliphatic rings. The number of carbonyl (C=O) groups excluding carboxylic acids is 1. The van der Waals surface area contributed by atoms with Crippen LogP contribution >= 0.6 is 11.6 Å². The second kappa shape index (κ2) is 6.01. The fourth-order valence-corrected chi connectivity index (χ4v) is 3.43. The van der Waals surface area contributed by atoms with Gasteiger partial charge in [0.1, 0.15) is 16.6 Å². The topological polar surface area (TPSA) is 58.7 Å². The van der Waals surface area contributed by atoms with Crippen LogP contribution in [0.5, 0.6) is 0 Å². The maximum atomic E-state index is 12.1. The summed E-state index contributed by atoms with van der Waals surface area (Å²) in [6.45, 7) is 3.53. The summed E-state index contributed by atoms with van der Waals surface area (Å²) in [5, 5.41) is 7.29. The first-order chi connectivity index (χ1) is 12.0. The Hall–Kier alpha value is -2.66. The molecule has 0 radical (unpaired) electrons. The predicted octanol–water partition coefficient (Wildman–Crippen LogP) is 4.49. The van der Waals surface area contributed by atoms with E-state index in [0.717, 1.165) is 27.7 Å². The first-order valence-electron chi connectivity index (χ1n) is 8.01. The fourth-order valence-electron chi connectivity index (χ4n) is 3.16. The number of nitrogens with zero attached hydrogens (tertiary/aromatic N) is 3. The third-order valence-electron chi connectivity index (χ3n) is 4.35. The van der Waals surface area contributed by atoms with Crippen LogP contribution in [0.1, 0.15) is 36.3 Å². The zero-order chi connectivity index (χ0) is 17.6. The maximum absolute atomic E-state index is 12.1. The van der Waals surface area contributed by atoms with Gasteiger partial charge in [-0.25, -0.2) is 9.99 Å². The molecule has 4 rings (SSSR count). The quantitative estimate of drug-likeness (QED) is 0.638. The number of benzene rings is 1. The Kier molecular flexibility index (Phi) is 3.81. The van der Waals surface area contributed by atoms with Crippen LogP contribution in [0.3, 0.4) is 0 Å². The molecular formula is C19H16ClN3O2. The summed E-state index contributed by atoms with van der Waals surface area (Å²) in [6.07, 6.45) is 2.13. The van der Waals surface area contributed by atoms with Crippen LogP contribution in [-0.2, 0) is 4.79 Å². The molecule has 5 nitrogen and oxygen atoms in total. The summed E-state index contributed by atoms with van der Waals surface area (Å²) in [5.74, 6) is 0.515. The zero-order valence-electron chi connectivity index (χ0n) is 13.9. The normalized spacial score (nSPS) is 17.2. The Morgan fingerprint density at radius 1 is 1.32 bits per heavy atom. The highest BCUT2D eigenvalue weighted by Gasteiger charge is 2.34. The monoisotopic (exact) mass is 353 g/mol. The lowest BCUT2D eigenvalue weighted by Gasteiger charge is -2.21. The molecule has 126 valence electrons. The molecule has 3 aromatic rings. The molecule has 0 N–H and O–H groups in total. The van der Waals surface area contributed by atoms with Gasteiger partial charge < -0.3 is 4.42 Å². The van der Waals surface area contributed by atoms with Crippen LogP contribution < -0.4 is 0 Å². The van der Waals surface area contributed by atoms with Gasteiger partial charge in [-0.3, -0.25) is 4.79 Å². The van der Waals surface area contributed by atoms with Crippen LogP contribution in [0.15, 0.2) is 52.2 Å². The summed E-state index contributed by atoms with van der Waals surface area (Å²) < 4.78 is 5.43. The van der Waals surface area contributed by atoms with E-state index >= 15 is 0 Å². The second-order valence-corrected chi connectivity index (χ2v) is 6.53. The standard InChI is InChI=1S/C19H16ClN3O2/c1-11-5-6-15-13(8-11)9-14(19(20)21-15)17-10-16(18-4-3-7-25-18)22-23(17)12(2)24/h3-9,17H,10H2,1-2H3/t17-/m0/s1. The molecule has 1 aromatic carbocycles. The Labute approximate surface area is 149 Å². The van der Waals surface area contributed by atoms with E-state index in [1.807, 2.05) is 31.2 Å². The number of rotatable bonds is 2. The molecule has 2 aromatic heterocycles. The number of pyridine rings is 1. The molecule has 3 heterocycles. The van der Waals surface area contributed by atoms with Crippen molar-refractivity contribution in [1.82, 2.24) is 9.99 Å². The highest BCUT2D eigenvalue weighted by Crippen LogP contribution is 2.37. The highest BCUT2D eigenvalue weighted by atomic mass is 35.5. The molecule has 0 saturated heterocycles. The lowest BCUT2D eigenvalue weighted by atomic mass is 10.00. The average Bonchev–Trinajstić information content (AvgIpc) is 3.23. The molecule has 0 aliphatic carbocycles. The average molecular weight is 354 g/mol. The van der Waals surface area contributed by atoms with Crippen LogP contribution in [0, 0.1) is 6.92 Å². The Morgan fingerprint density at radius 3 is 2.88 bits per heavy atom. The van der Waals surface area contributed by atoms with Crippen molar-refractivity contribution in [2.75, 3.05) is 0 Å². The third kappa shape index (κ3) is 2.81. The van der Waals surface area contributed by atoms with E-state index in [1.165, 1.54) is 11.9 Å². The van der Waals surface area contributed by atoms with Gasteiger partial charge in [-0.05, 0) is 37.3 Å². The Morgan fingerprint density at radius 2 is 2.16 bits per heavy atom. The van der Waals surface area contributed by atoms with Crippen molar-refractivity contribution < 1.29 is 9.21 Å². The van der Waals surface area contributed by atoms with Crippen LogP contribution in [0.4, 0.5) is 0 Å². The number of aromatic nitrogens is 1. The number of hydrazone groups is 1. The van der Waals surface area contributed by atoms with Gasteiger partial charge in [-0.15, -0.1) is 0 Å². The van der Waals surface area contributed by atoms with E-state index in [1.54, 1.807) is 12.3 Å². The smallest absolute Gasteiger partial charge is 0.240 e. The molecule has 0 bridgehead atoms. The van der Waals surface area contributed by atoms with E-state index in [0.29, 0.717) is 17.3 Å². The third-order valence-corrected chi connectivity index (χ3v) is 4.65. The van der Waals surface area contributed by atoms with E-state index < -0.39 is 0 Å². The first-order valence-corrected chi connectivity index (χ1v) is 8.38. The van der Waals surface area contributed by atoms with Gasteiger partial charge in [0.05, 0.1) is 17.8 Å². The van der Waals surface area contributed by atoms with Crippen molar-refractivity contribution in [3.8, 4) is 0 Å². The maximum Gasteiger partial charge on any atom is 0.240 e. The van der Waals surface area contributed by atoms with Crippen molar-refractivity contribution in [3.63, 3.8) is 0 Å². The molecule has 0 saturated carbocycles. The number of hydrogen-bond acceptors (Lipinski definition) is 4. The first kappa shape index (κ1) is 15.8. The molecule has 0 spiro atoms. The van der Waals surface area contributed by atoms with E-state index in [-0.39, 0.29) is 11.9 Å². The zero-order valence-corrected chi connectivity index (χ0v) is 14.6. The summed E-state index contributed by atoms with van der Waals surface area (Å²) >= 11 is 6.44. The molecule has 6 heteroatoms. The lowest BCUT2D eigenvalue weighted by molar-refractivity contribution is -0.130. The summed E-state index contributed by atoms with van der Waals surface area (Å²) in [4.78, 5) is 16.6. The molecule has 1 atom stereocenters. The van der Waals surface area contributed by atoms with Gasteiger partial charge in [0.25, 0.3) is 0 Å². The van der Waals surface area contributed by atoms with Crippen LogP contribution in [-0.4, -0.2) is 21.6 Å². The highest BCUT2D eigenvalue weighted by molar-refractivity contribution is 6.30. The second-order valence-electron chi connectivity index (χ2n) is 6.17. The van der Waals surface area contributed by atoms with Gasteiger partial charge in [0.15, 0.2) is 0 Å². The number of amides is 1. The molecule has 0 unspecified atom stereocenters. The van der Waals surface area contributed by atoms with Crippen molar-refractivity contribution >= 4 is 34.1 Å². The van der Waals surface area contributed by atoms with Crippen LogP contribution in [0.25, 0.3) is 10.9 Å². The minimum atomic E-state index is -0.289. The van der Waals surface area contributed by atoms with Gasteiger partial charge in [0.2, 0.25) is 5.91 Å². The molecule has 0 fully saturated rings. The van der Waals surface area contributed by atoms with Gasteiger partial charge >= 0.3 is 0 Å². The van der Waals surface area contributed by atoms with Gasteiger partial charge in [0, 0.05) is 24.3 Å². The van der Waals surface area contributed by atoms with Gasteiger partial charge in [-0.1, -0.05) is 23.2 Å². The minimum absolute atomic E-state index is 0.146. The number of carbonyl (C=O) groups is 1. The van der Waals surface area contributed by atoms with E-state index in [4.69, 9.17) is 16.0 Å². The van der Waals surface area contributed by atoms with E-state index in [2.05, 4.69) is 16.2 Å². The summed E-state index contributed by atoms with van der Waals surface area (Å²) in [7, 11) is 0. The number of aryl methyl sites for hydroxylation is 1. The lowest BCUT2D eigenvalue weighted by Crippen LogP contribution is -2.24. The molecular weight excluding hydrogens is 338 g/mol. The fraction of sp³-hybridized carbons (Fsp3) is 0.211. The molecule has 25 heavy (non-hydrogen) atoms. The predicted molar refractivity (Wildman–Crippen MR) is 96.6 cm³/mol. The summed E-state index contributed by atoms with van der Waals surface area (Å²) in [5.41, 5.74) is 3.50. The van der Waals surface area contributed by atoms with E-state index in [9.17, 15) is 4.79 Å². The largest absolute Gasteiger partial charge is 0.463 e. The van der Waals surface area contributed by atoms with Crippen molar-refractivity contribution in [3.05, 3.63) is 64.7 Å². The van der Waals surface area contributed by atoms with Crippen molar-refractivity contribution in [2.45, 2.75) is 26.3 Å². The van der Waals surface area contributed by atoms with Crippen molar-refractivity contribution in [1.29, 1.82) is 0 Å². The molecule has 1 aliphatic heterocycles. The van der Waals surface area contributed by atoms with Crippen molar-refractivity contribution in [2.24, 2.45) is 5.10 Å². The number of furan rings is 1. The number of halogens is 1. The van der Waals surface area contributed by atoms with Crippen LogP contribution in [0.2, 0.25) is 5.15 Å². The van der Waals surface area contributed by atoms with Gasteiger partial charge in [-0.2, -0.15) is 5.10 Å². The number of fused-ring (bicyclic) bond motifs is 1. The summed E-state index contributed by atoms with van der Waals surface area (Å²) in [6, 6.07) is 11.4. The Bertz CT molecular complexity index is 995. The number of hydrogen-bond donors (Lipinski definition) is 0. The molecule has 1 amide bonds. The SMILES string of the molecule is CC(=O)N1N=C(c2ccco2)C[C@H]1c1cc2cc(C)ccc2nc1Cl. The Balaban J connectivity index is 1.79.